The maximum atomic E-state index is 12.4. The number of esters is 1. The molecule has 0 fully saturated rings. The van der Waals surface area contributed by atoms with Crippen LogP contribution in [-0.2, 0) is 15.1 Å². The molecule has 0 heterocycles. The monoisotopic (exact) mass is 317 g/mol. The molecule has 1 rings (SSSR count). The Hall–Kier alpha value is -0.770. The summed E-state index contributed by atoms with van der Waals surface area (Å²) in [5.41, 5.74) is -0.390. The fraction of sp³-hybridized carbons (Fsp3) is 0.533. The molecule has 0 aromatic heterocycles. The lowest BCUT2D eigenvalue weighted by molar-refractivity contribution is -0.151. The predicted octanol–water partition coefficient (Wildman–Crippen LogP) is 4.16. The minimum absolute atomic E-state index is 0.138. The second-order valence-corrected chi connectivity index (χ2v) is 5.77. The number of carbonyl (C=O) groups excluding carboxylic acids is 1. The SMILES string of the molecule is CCOC(=O)C(C)(NC(C)CC)c1cc(Cl)ccc1Cl. The molecule has 0 bridgehead atoms. The van der Waals surface area contributed by atoms with Crippen LogP contribution in [0.25, 0.3) is 0 Å². The van der Waals surface area contributed by atoms with Gasteiger partial charge < -0.3 is 4.74 Å². The topological polar surface area (TPSA) is 38.3 Å². The number of nitrogens with one attached hydrogen (secondary N) is 1. The average Bonchev–Trinajstić information content (AvgIpc) is 2.41. The van der Waals surface area contributed by atoms with Gasteiger partial charge in [-0.3, -0.25) is 5.32 Å². The van der Waals surface area contributed by atoms with Crippen molar-refractivity contribution in [2.75, 3.05) is 6.61 Å². The van der Waals surface area contributed by atoms with Crippen molar-refractivity contribution >= 4 is 29.2 Å². The number of hydrogen-bond acceptors (Lipinski definition) is 3. The van der Waals surface area contributed by atoms with E-state index >= 15 is 0 Å². The van der Waals surface area contributed by atoms with E-state index in [0.717, 1.165) is 6.42 Å². The minimum atomic E-state index is -1.02. The zero-order valence-electron chi connectivity index (χ0n) is 12.3. The van der Waals surface area contributed by atoms with Gasteiger partial charge in [-0.25, -0.2) is 4.79 Å². The molecule has 2 unspecified atom stereocenters. The summed E-state index contributed by atoms with van der Waals surface area (Å²) < 4.78 is 5.20. The summed E-state index contributed by atoms with van der Waals surface area (Å²) in [6, 6.07) is 5.23. The number of ether oxygens (including phenoxy) is 1. The molecule has 112 valence electrons. The van der Waals surface area contributed by atoms with Crippen LogP contribution in [0.2, 0.25) is 10.0 Å². The first-order chi connectivity index (χ1) is 9.35. The Bertz CT molecular complexity index is 479. The van der Waals surface area contributed by atoms with E-state index in [9.17, 15) is 4.79 Å². The highest BCUT2D eigenvalue weighted by Crippen LogP contribution is 2.32. The Balaban J connectivity index is 3.28. The fourth-order valence-electron chi connectivity index (χ4n) is 2.00. The van der Waals surface area contributed by atoms with Crippen molar-refractivity contribution in [2.24, 2.45) is 0 Å². The van der Waals surface area contributed by atoms with Gasteiger partial charge in [0.1, 0.15) is 5.54 Å². The third kappa shape index (κ3) is 3.87. The van der Waals surface area contributed by atoms with E-state index in [0.29, 0.717) is 22.2 Å². The average molecular weight is 318 g/mol. The highest BCUT2D eigenvalue weighted by atomic mass is 35.5. The molecule has 0 aliphatic carbocycles. The number of hydrogen-bond donors (Lipinski definition) is 1. The molecule has 0 aliphatic rings. The molecular weight excluding hydrogens is 297 g/mol. The summed E-state index contributed by atoms with van der Waals surface area (Å²) in [7, 11) is 0. The third-order valence-electron chi connectivity index (χ3n) is 3.30. The molecule has 20 heavy (non-hydrogen) atoms. The molecule has 0 saturated carbocycles. The van der Waals surface area contributed by atoms with Crippen LogP contribution in [-0.4, -0.2) is 18.6 Å². The van der Waals surface area contributed by atoms with E-state index in [4.69, 9.17) is 27.9 Å². The van der Waals surface area contributed by atoms with Gasteiger partial charge in [-0.15, -0.1) is 0 Å². The van der Waals surface area contributed by atoms with Crippen LogP contribution < -0.4 is 5.32 Å². The molecule has 0 saturated heterocycles. The number of halogens is 2. The molecule has 5 heteroatoms. The van der Waals surface area contributed by atoms with Gasteiger partial charge in [-0.1, -0.05) is 30.1 Å². The van der Waals surface area contributed by atoms with Crippen molar-refractivity contribution in [1.82, 2.24) is 5.32 Å². The van der Waals surface area contributed by atoms with Gasteiger partial charge >= 0.3 is 5.97 Å². The molecule has 2 atom stereocenters. The van der Waals surface area contributed by atoms with E-state index < -0.39 is 5.54 Å². The van der Waals surface area contributed by atoms with Gasteiger partial charge in [0.15, 0.2) is 0 Å². The van der Waals surface area contributed by atoms with Crippen molar-refractivity contribution in [3.05, 3.63) is 33.8 Å². The van der Waals surface area contributed by atoms with Crippen molar-refractivity contribution in [1.29, 1.82) is 0 Å². The Morgan fingerprint density at radius 1 is 1.40 bits per heavy atom. The summed E-state index contributed by atoms with van der Waals surface area (Å²) in [6.45, 7) is 7.92. The second kappa shape index (κ2) is 7.30. The Labute approximate surface area is 130 Å². The van der Waals surface area contributed by atoms with Gasteiger partial charge in [0.05, 0.1) is 6.61 Å². The van der Waals surface area contributed by atoms with E-state index in [-0.39, 0.29) is 12.0 Å². The number of rotatable bonds is 6. The molecule has 1 N–H and O–H groups in total. The summed E-state index contributed by atoms with van der Waals surface area (Å²) in [5.74, 6) is -0.357. The molecule has 0 aliphatic heterocycles. The smallest absolute Gasteiger partial charge is 0.330 e. The van der Waals surface area contributed by atoms with Crippen LogP contribution in [0.3, 0.4) is 0 Å². The van der Waals surface area contributed by atoms with E-state index in [1.54, 1.807) is 32.0 Å². The normalized spacial score (nSPS) is 15.5. The molecule has 1 aromatic carbocycles. The van der Waals surface area contributed by atoms with E-state index in [1.807, 2.05) is 13.8 Å². The largest absolute Gasteiger partial charge is 0.464 e. The Morgan fingerprint density at radius 2 is 2.05 bits per heavy atom. The molecular formula is C15H21Cl2NO2. The lowest BCUT2D eigenvalue weighted by Crippen LogP contribution is -2.51. The highest BCUT2D eigenvalue weighted by molar-refractivity contribution is 6.33. The highest BCUT2D eigenvalue weighted by Gasteiger charge is 2.39. The predicted molar refractivity (Wildman–Crippen MR) is 83.3 cm³/mol. The van der Waals surface area contributed by atoms with Gasteiger partial charge in [0, 0.05) is 21.7 Å². The first-order valence-corrected chi connectivity index (χ1v) is 7.51. The van der Waals surface area contributed by atoms with Crippen LogP contribution in [0.15, 0.2) is 18.2 Å². The zero-order chi connectivity index (χ0) is 15.3. The number of carbonyl (C=O) groups is 1. The first kappa shape index (κ1) is 17.3. The Morgan fingerprint density at radius 3 is 2.60 bits per heavy atom. The summed E-state index contributed by atoms with van der Waals surface area (Å²) in [5, 5.41) is 4.31. The third-order valence-corrected chi connectivity index (χ3v) is 3.86. The van der Waals surface area contributed by atoms with Gasteiger partial charge in [-0.05, 0) is 45.4 Å². The molecule has 0 spiro atoms. The van der Waals surface area contributed by atoms with Crippen molar-refractivity contribution < 1.29 is 9.53 Å². The van der Waals surface area contributed by atoms with Gasteiger partial charge in [0.2, 0.25) is 0 Å². The fourth-order valence-corrected chi connectivity index (χ4v) is 2.48. The first-order valence-electron chi connectivity index (χ1n) is 6.75. The van der Waals surface area contributed by atoms with Gasteiger partial charge in [-0.2, -0.15) is 0 Å². The lowest BCUT2D eigenvalue weighted by atomic mass is 9.90. The molecule has 0 radical (unpaired) electrons. The molecule has 3 nitrogen and oxygen atoms in total. The van der Waals surface area contributed by atoms with E-state index in [2.05, 4.69) is 5.32 Å². The zero-order valence-corrected chi connectivity index (χ0v) is 13.8. The quantitative estimate of drug-likeness (QED) is 0.801. The molecule has 0 amide bonds. The van der Waals surface area contributed by atoms with Crippen LogP contribution >= 0.6 is 23.2 Å². The van der Waals surface area contributed by atoms with Crippen LogP contribution in [0.4, 0.5) is 0 Å². The summed E-state index contributed by atoms with van der Waals surface area (Å²) in [4.78, 5) is 12.4. The number of benzene rings is 1. The molecule has 1 aromatic rings. The van der Waals surface area contributed by atoms with Crippen molar-refractivity contribution in [3.63, 3.8) is 0 Å². The van der Waals surface area contributed by atoms with Gasteiger partial charge in [0.25, 0.3) is 0 Å². The van der Waals surface area contributed by atoms with Crippen LogP contribution in [0.5, 0.6) is 0 Å². The second-order valence-electron chi connectivity index (χ2n) is 4.92. The van der Waals surface area contributed by atoms with Crippen molar-refractivity contribution in [3.8, 4) is 0 Å². The van der Waals surface area contributed by atoms with Crippen LogP contribution in [0, 0.1) is 0 Å². The van der Waals surface area contributed by atoms with E-state index in [1.165, 1.54) is 0 Å². The Kier molecular flexibility index (Phi) is 6.31. The van der Waals surface area contributed by atoms with Crippen molar-refractivity contribution in [2.45, 2.75) is 45.7 Å². The maximum absolute atomic E-state index is 12.4. The summed E-state index contributed by atoms with van der Waals surface area (Å²) in [6.07, 6.45) is 0.882. The maximum Gasteiger partial charge on any atom is 0.330 e. The minimum Gasteiger partial charge on any atom is -0.464 e. The summed E-state index contributed by atoms with van der Waals surface area (Å²) >= 11 is 12.3. The lowest BCUT2D eigenvalue weighted by Gasteiger charge is -2.32. The van der Waals surface area contributed by atoms with Crippen LogP contribution in [0.1, 0.15) is 39.7 Å². The standard InChI is InChI=1S/C15H21Cl2NO2/c1-5-10(3)18-15(4,14(19)20-6-2)12-9-11(16)7-8-13(12)17/h7-10,18H,5-6H2,1-4H3.